The first-order valence-electron chi connectivity index (χ1n) is 5.93. The SMILES string of the molecule is CC(C)N1CCOC[C@@H]1[C@H]1COCCN1. The van der Waals surface area contributed by atoms with E-state index in [1.54, 1.807) is 0 Å². The Morgan fingerprint density at radius 2 is 2.00 bits per heavy atom. The summed E-state index contributed by atoms with van der Waals surface area (Å²) in [5.74, 6) is 0. The first-order valence-corrected chi connectivity index (χ1v) is 5.93. The van der Waals surface area contributed by atoms with Crippen LogP contribution in [0.2, 0.25) is 0 Å². The van der Waals surface area contributed by atoms with Crippen LogP contribution in [0.15, 0.2) is 0 Å². The van der Waals surface area contributed by atoms with Gasteiger partial charge in [-0.05, 0) is 13.8 Å². The van der Waals surface area contributed by atoms with Crippen molar-refractivity contribution in [3.63, 3.8) is 0 Å². The summed E-state index contributed by atoms with van der Waals surface area (Å²) in [6.45, 7) is 9.86. The Balaban J connectivity index is 1.96. The van der Waals surface area contributed by atoms with Crippen molar-refractivity contribution >= 4 is 0 Å². The summed E-state index contributed by atoms with van der Waals surface area (Å²) < 4.78 is 11.1. The Hall–Kier alpha value is -0.160. The second kappa shape index (κ2) is 5.25. The molecule has 0 radical (unpaired) electrons. The van der Waals surface area contributed by atoms with E-state index in [2.05, 4.69) is 24.1 Å². The normalized spacial score (nSPS) is 34.6. The molecule has 4 nitrogen and oxygen atoms in total. The van der Waals surface area contributed by atoms with Gasteiger partial charge in [-0.3, -0.25) is 4.90 Å². The van der Waals surface area contributed by atoms with Crippen LogP contribution in [0, 0.1) is 0 Å². The summed E-state index contributed by atoms with van der Waals surface area (Å²) in [6.07, 6.45) is 0. The van der Waals surface area contributed by atoms with Crippen molar-refractivity contribution in [2.45, 2.75) is 32.0 Å². The third kappa shape index (κ3) is 2.69. The Kier molecular flexibility index (Phi) is 3.97. The minimum atomic E-state index is 0.432. The van der Waals surface area contributed by atoms with E-state index < -0.39 is 0 Å². The van der Waals surface area contributed by atoms with Crippen molar-refractivity contribution in [1.82, 2.24) is 10.2 Å². The molecule has 2 aliphatic rings. The van der Waals surface area contributed by atoms with Crippen molar-refractivity contribution in [1.29, 1.82) is 0 Å². The molecule has 0 aromatic rings. The number of nitrogens with zero attached hydrogens (tertiary/aromatic N) is 1. The number of rotatable bonds is 2. The summed E-state index contributed by atoms with van der Waals surface area (Å²) in [5.41, 5.74) is 0. The molecule has 0 spiro atoms. The highest BCUT2D eigenvalue weighted by Gasteiger charge is 2.32. The molecule has 2 aliphatic heterocycles. The van der Waals surface area contributed by atoms with E-state index in [1.165, 1.54) is 0 Å². The van der Waals surface area contributed by atoms with Crippen LogP contribution < -0.4 is 5.32 Å². The van der Waals surface area contributed by atoms with Gasteiger partial charge < -0.3 is 14.8 Å². The van der Waals surface area contributed by atoms with Gasteiger partial charge in [0.05, 0.1) is 32.5 Å². The highest BCUT2D eigenvalue weighted by Crippen LogP contribution is 2.15. The minimum absolute atomic E-state index is 0.432. The third-order valence-electron chi connectivity index (χ3n) is 3.29. The second-order valence-corrected chi connectivity index (χ2v) is 4.61. The molecule has 88 valence electrons. The fourth-order valence-electron chi connectivity index (χ4n) is 2.46. The summed E-state index contributed by atoms with van der Waals surface area (Å²) >= 11 is 0. The number of nitrogens with one attached hydrogen (secondary N) is 1. The quantitative estimate of drug-likeness (QED) is 0.706. The number of ether oxygens (including phenoxy) is 2. The van der Waals surface area contributed by atoms with E-state index in [9.17, 15) is 0 Å². The lowest BCUT2D eigenvalue weighted by Crippen LogP contribution is -2.61. The molecule has 1 N–H and O–H groups in total. The van der Waals surface area contributed by atoms with Crippen molar-refractivity contribution in [3.8, 4) is 0 Å². The number of morpholine rings is 2. The maximum atomic E-state index is 5.58. The van der Waals surface area contributed by atoms with E-state index in [1.807, 2.05) is 0 Å². The fourth-order valence-corrected chi connectivity index (χ4v) is 2.46. The zero-order valence-electron chi connectivity index (χ0n) is 9.74. The Morgan fingerprint density at radius 1 is 1.20 bits per heavy atom. The van der Waals surface area contributed by atoms with Crippen molar-refractivity contribution in [2.24, 2.45) is 0 Å². The molecule has 2 atom stereocenters. The number of hydrogen-bond donors (Lipinski definition) is 1. The fraction of sp³-hybridized carbons (Fsp3) is 1.00. The van der Waals surface area contributed by atoms with Gasteiger partial charge in [0.25, 0.3) is 0 Å². The van der Waals surface area contributed by atoms with Crippen LogP contribution in [0.25, 0.3) is 0 Å². The molecule has 2 fully saturated rings. The van der Waals surface area contributed by atoms with Gasteiger partial charge in [0.2, 0.25) is 0 Å². The molecule has 4 heteroatoms. The average molecular weight is 214 g/mol. The van der Waals surface area contributed by atoms with Gasteiger partial charge in [-0.2, -0.15) is 0 Å². The standard InChI is InChI=1S/C11H22N2O2/c1-9(2)13-4-6-15-8-11(13)10-7-14-5-3-12-10/h9-12H,3-8H2,1-2H3/t10-,11-/m1/s1. The highest BCUT2D eigenvalue weighted by atomic mass is 16.5. The molecule has 0 unspecified atom stereocenters. The monoisotopic (exact) mass is 214 g/mol. The molecular formula is C11H22N2O2. The van der Waals surface area contributed by atoms with Gasteiger partial charge in [0, 0.05) is 25.2 Å². The van der Waals surface area contributed by atoms with Gasteiger partial charge >= 0.3 is 0 Å². The van der Waals surface area contributed by atoms with E-state index in [-0.39, 0.29) is 0 Å². The lowest BCUT2D eigenvalue weighted by atomic mass is 10.0. The van der Waals surface area contributed by atoms with Crippen molar-refractivity contribution in [2.75, 3.05) is 39.5 Å². The molecule has 2 rings (SSSR count). The van der Waals surface area contributed by atoms with Gasteiger partial charge in [-0.15, -0.1) is 0 Å². The predicted molar refractivity (Wildman–Crippen MR) is 59.1 cm³/mol. The van der Waals surface area contributed by atoms with Crippen molar-refractivity contribution < 1.29 is 9.47 Å². The van der Waals surface area contributed by atoms with Crippen LogP contribution in [-0.2, 0) is 9.47 Å². The maximum Gasteiger partial charge on any atom is 0.0638 e. The summed E-state index contributed by atoms with van der Waals surface area (Å²) in [7, 11) is 0. The van der Waals surface area contributed by atoms with E-state index in [4.69, 9.17) is 9.47 Å². The van der Waals surface area contributed by atoms with Crippen LogP contribution in [-0.4, -0.2) is 62.5 Å². The third-order valence-corrected chi connectivity index (χ3v) is 3.29. The highest BCUT2D eigenvalue weighted by molar-refractivity contribution is 4.89. The van der Waals surface area contributed by atoms with Crippen molar-refractivity contribution in [3.05, 3.63) is 0 Å². The van der Waals surface area contributed by atoms with E-state index in [0.29, 0.717) is 18.1 Å². The molecule has 15 heavy (non-hydrogen) atoms. The Labute approximate surface area is 91.9 Å². The summed E-state index contributed by atoms with van der Waals surface area (Å²) in [6, 6.07) is 1.49. The molecule has 0 bridgehead atoms. The maximum absolute atomic E-state index is 5.58. The smallest absolute Gasteiger partial charge is 0.0638 e. The predicted octanol–water partition coefficient (Wildman–Crippen LogP) is 0.0840. The molecule has 2 saturated heterocycles. The van der Waals surface area contributed by atoms with E-state index >= 15 is 0 Å². The van der Waals surface area contributed by atoms with Gasteiger partial charge in [0.15, 0.2) is 0 Å². The Morgan fingerprint density at radius 3 is 2.67 bits per heavy atom. The van der Waals surface area contributed by atoms with Gasteiger partial charge in [-0.25, -0.2) is 0 Å². The lowest BCUT2D eigenvalue weighted by Gasteiger charge is -2.43. The van der Waals surface area contributed by atoms with Crippen LogP contribution >= 0.6 is 0 Å². The average Bonchev–Trinajstić information content (AvgIpc) is 2.30. The van der Waals surface area contributed by atoms with E-state index in [0.717, 1.165) is 39.5 Å². The van der Waals surface area contributed by atoms with Gasteiger partial charge in [-0.1, -0.05) is 0 Å². The minimum Gasteiger partial charge on any atom is -0.378 e. The summed E-state index contributed by atoms with van der Waals surface area (Å²) in [4.78, 5) is 2.52. The molecular weight excluding hydrogens is 192 g/mol. The molecule has 0 amide bonds. The molecule has 0 saturated carbocycles. The van der Waals surface area contributed by atoms with Gasteiger partial charge in [0.1, 0.15) is 0 Å². The number of hydrogen-bond acceptors (Lipinski definition) is 4. The second-order valence-electron chi connectivity index (χ2n) is 4.61. The lowest BCUT2D eigenvalue weighted by molar-refractivity contribution is -0.0576. The summed E-state index contributed by atoms with van der Waals surface area (Å²) in [5, 5.41) is 3.53. The molecule has 0 aromatic heterocycles. The zero-order valence-corrected chi connectivity index (χ0v) is 9.74. The Bertz CT molecular complexity index is 193. The molecule has 2 heterocycles. The first kappa shape index (κ1) is 11.3. The molecule has 0 aromatic carbocycles. The van der Waals surface area contributed by atoms with Crippen LogP contribution in [0.3, 0.4) is 0 Å². The first-order chi connectivity index (χ1) is 7.29. The zero-order chi connectivity index (χ0) is 10.7. The van der Waals surface area contributed by atoms with Crippen LogP contribution in [0.5, 0.6) is 0 Å². The topological polar surface area (TPSA) is 33.7 Å². The molecule has 0 aliphatic carbocycles. The largest absolute Gasteiger partial charge is 0.378 e. The van der Waals surface area contributed by atoms with Crippen LogP contribution in [0.1, 0.15) is 13.8 Å². The van der Waals surface area contributed by atoms with Crippen LogP contribution in [0.4, 0.5) is 0 Å².